The van der Waals surface area contributed by atoms with Crippen LogP contribution < -0.4 is 4.72 Å². The Bertz CT molecular complexity index is 1110. The summed E-state index contributed by atoms with van der Waals surface area (Å²) in [7, 11) is -7.04. The fraction of sp³-hybridized carbons (Fsp3) is 0.278. The smallest absolute Gasteiger partial charge is 0.250 e. The largest absolute Gasteiger partial charge is 0.284 e. The molecule has 3 rings (SSSR count). The molecule has 0 fully saturated rings. The highest BCUT2D eigenvalue weighted by molar-refractivity contribution is 7.92. The topological polar surface area (TPSA) is 95.9 Å². The molecule has 0 saturated heterocycles. The minimum Gasteiger partial charge on any atom is -0.284 e. The zero-order chi connectivity index (χ0) is 20.5. The summed E-state index contributed by atoms with van der Waals surface area (Å²) in [4.78, 5) is 0. The Hall–Kier alpha value is -2.46. The maximum atomic E-state index is 13.7. The molecule has 1 aliphatic rings. The predicted octanol–water partition coefficient (Wildman–Crippen LogP) is 2.70. The lowest BCUT2D eigenvalue weighted by Crippen LogP contribution is -2.28. The van der Waals surface area contributed by atoms with E-state index in [0.29, 0.717) is 22.5 Å². The number of anilines is 1. The number of hydrogen-bond donors (Lipinski definition) is 1. The Morgan fingerprint density at radius 2 is 1.82 bits per heavy atom. The van der Waals surface area contributed by atoms with E-state index in [1.54, 1.807) is 30.3 Å². The number of rotatable bonds is 6. The summed E-state index contributed by atoms with van der Waals surface area (Å²) in [5.41, 5.74) is 2.10. The highest BCUT2D eigenvalue weighted by Gasteiger charge is 2.35. The van der Waals surface area contributed by atoms with Crippen LogP contribution in [0.25, 0.3) is 0 Å². The Balaban J connectivity index is 1.95. The van der Waals surface area contributed by atoms with Gasteiger partial charge in [-0.05, 0) is 42.3 Å². The molecule has 2 aromatic rings. The maximum Gasteiger partial charge on any atom is 0.250 e. The van der Waals surface area contributed by atoms with E-state index in [1.165, 1.54) is 25.1 Å². The third-order valence-electron chi connectivity index (χ3n) is 4.28. The number of nitrogens with one attached hydrogen (secondary N) is 1. The molecule has 0 amide bonds. The quantitative estimate of drug-likeness (QED) is 0.770. The Morgan fingerprint density at radius 3 is 2.39 bits per heavy atom. The molecular formula is C18H20FN3O4S2. The minimum absolute atomic E-state index is 0.132. The van der Waals surface area contributed by atoms with Gasteiger partial charge in [0.25, 0.3) is 0 Å². The Kier molecular flexibility index (Phi) is 5.44. The average molecular weight is 426 g/mol. The van der Waals surface area contributed by atoms with Gasteiger partial charge in [0.05, 0.1) is 23.8 Å². The maximum absolute atomic E-state index is 13.7. The van der Waals surface area contributed by atoms with Crippen LogP contribution in [0.2, 0.25) is 0 Å². The van der Waals surface area contributed by atoms with Crippen LogP contribution in [-0.2, 0) is 20.0 Å². The van der Waals surface area contributed by atoms with Crippen molar-refractivity contribution < 1.29 is 21.2 Å². The highest BCUT2D eigenvalue weighted by Crippen LogP contribution is 2.35. The van der Waals surface area contributed by atoms with E-state index in [4.69, 9.17) is 0 Å². The minimum atomic E-state index is -3.65. The van der Waals surface area contributed by atoms with Gasteiger partial charge in [0, 0.05) is 12.1 Å². The van der Waals surface area contributed by atoms with Crippen LogP contribution in [0.5, 0.6) is 0 Å². The first-order valence-electron chi connectivity index (χ1n) is 8.52. The van der Waals surface area contributed by atoms with Crippen molar-refractivity contribution in [3.05, 3.63) is 65.5 Å². The van der Waals surface area contributed by atoms with Crippen molar-refractivity contribution in [3.8, 4) is 0 Å². The number of benzene rings is 2. The zero-order valence-corrected chi connectivity index (χ0v) is 17.0. The third kappa shape index (κ3) is 4.50. The van der Waals surface area contributed by atoms with Gasteiger partial charge in [0.1, 0.15) is 5.82 Å². The van der Waals surface area contributed by atoms with Crippen molar-refractivity contribution in [1.82, 2.24) is 4.41 Å². The fourth-order valence-electron chi connectivity index (χ4n) is 2.96. The van der Waals surface area contributed by atoms with Crippen molar-refractivity contribution in [1.29, 1.82) is 0 Å². The standard InChI is InChI=1S/C18H20FN3O4S2/c1-3-28(25,26)22-18(14-5-4-6-15(19)11-14)12-17(20-22)13-7-9-16(10-8-13)21-27(2,23)24/h4-11,18,21H,3,12H2,1-2H3/t18-/m1/s1. The second kappa shape index (κ2) is 7.51. The van der Waals surface area contributed by atoms with E-state index in [-0.39, 0.29) is 12.2 Å². The van der Waals surface area contributed by atoms with Gasteiger partial charge in [0.2, 0.25) is 20.0 Å². The highest BCUT2D eigenvalue weighted by atomic mass is 32.2. The van der Waals surface area contributed by atoms with Gasteiger partial charge in [-0.15, -0.1) is 0 Å². The second-order valence-electron chi connectivity index (χ2n) is 6.45. The first-order valence-corrected chi connectivity index (χ1v) is 12.0. The Morgan fingerprint density at radius 1 is 1.14 bits per heavy atom. The monoisotopic (exact) mass is 425 g/mol. The van der Waals surface area contributed by atoms with Crippen LogP contribution in [0.15, 0.2) is 53.6 Å². The van der Waals surface area contributed by atoms with E-state index in [9.17, 15) is 21.2 Å². The number of halogens is 1. The summed E-state index contributed by atoms with van der Waals surface area (Å²) < 4.78 is 64.7. The van der Waals surface area contributed by atoms with E-state index in [1.807, 2.05) is 0 Å². The molecule has 0 bridgehead atoms. The average Bonchev–Trinajstić information content (AvgIpc) is 3.07. The molecule has 0 saturated carbocycles. The van der Waals surface area contributed by atoms with Gasteiger partial charge in [-0.3, -0.25) is 4.72 Å². The molecule has 150 valence electrons. The van der Waals surface area contributed by atoms with Gasteiger partial charge in [-0.1, -0.05) is 24.3 Å². The molecule has 7 nitrogen and oxygen atoms in total. The summed E-state index contributed by atoms with van der Waals surface area (Å²) in [6, 6.07) is 11.7. The van der Waals surface area contributed by atoms with Crippen LogP contribution in [-0.4, -0.2) is 39.0 Å². The molecule has 1 heterocycles. The van der Waals surface area contributed by atoms with Crippen LogP contribution in [0.3, 0.4) is 0 Å². The van der Waals surface area contributed by atoms with E-state index >= 15 is 0 Å². The molecule has 0 spiro atoms. The summed E-state index contributed by atoms with van der Waals surface area (Å²) >= 11 is 0. The normalized spacial score (nSPS) is 17.5. The molecule has 0 aromatic heterocycles. The van der Waals surface area contributed by atoms with Gasteiger partial charge < -0.3 is 0 Å². The van der Waals surface area contributed by atoms with Crippen molar-refractivity contribution >= 4 is 31.4 Å². The van der Waals surface area contributed by atoms with Crippen LogP contribution in [0.1, 0.15) is 30.5 Å². The van der Waals surface area contributed by atoms with Gasteiger partial charge in [0.15, 0.2) is 0 Å². The lowest BCUT2D eigenvalue weighted by Gasteiger charge is -2.22. The van der Waals surface area contributed by atoms with E-state index < -0.39 is 31.9 Å². The molecule has 0 unspecified atom stereocenters. The third-order valence-corrected chi connectivity index (χ3v) is 6.52. The number of nitrogens with zero attached hydrogens (tertiary/aromatic N) is 2. The predicted molar refractivity (Wildman–Crippen MR) is 107 cm³/mol. The number of hydrazone groups is 1. The van der Waals surface area contributed by atoms with Crippen LogP contribution in [0, 0.1) is 5.82 Å². The van der Waals surface area contributed by atoms with Crippen LogP contribution in [0.4, 0.5) is 10.1 Å². The van der Waals surface area contributed by atoms with Crippen molar-refractivity contribution in [2.75, 3.05) is 16.7 Å². The molecule has 1 aliphatic heterocycles. The zero-order valence-electron chi connectivity index (χ0n) is 15.3. The number of sulfonamides is 2. The van der Waals surface area contributed by atoms with Gasteiger partial charge in [-0.25, -0.2) is 21.2 Å². The molecule has 0 radical (unpaired) electrons. The first-order chi connectivity index (χ1) is 13.1. The summed E-state index contributed by atoms with van der Waals surface area (Å²) in [6.45, 7) is 1.52. The Labute approximate surface area is 164 Å². The number of hydrogen-bond acceptors (Lipinski definition) is 5. The SMILES string of the molecule is CCS(=O)(=O)N1N=C(c2ccc(NS(C)(=O)=O)cc2)C[C@@H]1c1cccc(F)c1. The summed E-state index contributed by atoms with van der Waals surface area (Å²) in [6.07, 6.45) is 1.33. The first kappa shape index (κ1) is 20.3. The van der Waals surface area contributed by atoms with Gasteiger partial charge in [-0.2, -0.15) is 9.52 Å². The van der Waals surface area contributed by atoms with E-state index in [2.05, 4.69) is 9.82 Å². The van der Waals surface area contributed by atoms with Gasteiger partial charge >= 0.3 is 0 Å². The molecule has 1 atom stereocenters. The summed E-state index contributed by atoms with van der Waals surface area (Å²) in [5.74, 6) is -0.580. The molecule has 2 aromatic carbocycles. The molecule has 0 aliphatic carbocycles. The van der Waals surface area contributed by atoms with Crippen LogP contribution >= 0.6 is 0 Å². The fourth-order valence-corrected chi connectivity index (χ4v) is 4.59. The molecule has 1 N–H and O–H groups in total. The lowest BCUT2D eigenvalue weighted by molar-refractivity contribution is 0.371. The second-order valence-corrected chi connectivity index (χ2v) is 10.3. The lowest BCUT2D eigenvalue weighted by atomic mass is 9.99. The van der Waals surface area contributed by atoms with E-state index in [0.717, 1.165) is 10.7 Å². The summed E-state index contributed by atoms with van der Waals surface area (Å²) in [5, 5.41) is 4.29. The molecule has 28 heavy (non-hydrogen) atoms. The van der Waals surface area contributed by atoms with Crippen molar-refractivity contribution in [2.24, 2.45) is 5.10 Å². The van der Waals surface area contributed by atoms with Crippen molar-refractivity contribution in [3.63, 3.8) is 0 Å². The van der Waals surface area contributed by atoms with Crippen molar-refractivity contribution in [2.45, 2.75) is 19.4 Å². The molecule has 10 heteroatoms. The molecular weight excluding hydrogens is 405 g/mol.